The van der Waals surface area contributed by atoms with Crippen LogP contribution < -0.4 is 9.46 Å². The molecule has 2 aromatic heterocycles. The number of rotatable bonds is 6. The smallest absolute Gasteiger partial charge is 0.262 e. The van der Waals surface area contributed by atoms with Crippen LogP contribution in [0.4, 0.5) is 5.69 Å². The lowest BCUT2D eigenvalue weighted by molar-refractivity contribution is 0.459. The first-order valence-electron chi connectivity index (χ1n) is 11.0. The molecule has 5 aromatic rings. The number of sulfonamides is 1. The molecule has 0 aliphatic rings. The highest BCUT2D eigenvalue weighted by molar-refractivity contribution is 7.93. The lowest BCUT2D eigenvalue weighted by atomic mass is 10.1. The Morgan fingerprint density at radius 1 is 0.886 bits per heavy atom. The molecular weight excluding hydrogens is 462 g/mol. The van der Waals surface area contributed by atoms with Crippen molar-refractivity contribution in [1.82, 2.24) is 19.5 Å². The third kappa shape index (κ3) is 4.58. The van der Waals surface area contributed by atoms with Gasteiger partial charge in [-0.2, -0.15) is 4.98 Å². The summed E-state index contributed by atoms with van der Waals surface area (Å²) < 4.78 is 36.6. The molecule has 0 unspecified atom stereocenters. The number of aryl methyl sites for hydroxylation is 2. The van der Waals surface area contributed by atoms with Crippen molar-refractivity contribution in [2.75, 3.05) is 4.72 Å². The average Bonchev–Trinajstić information content (AvgIpc) is 3.17. The van der Waals surface area contributed by atoms with Gasteiger partial charge in [-0.1, -0.05) is 36.4 Å². The number of fused-ring (bicyclic) bond motifs is 1. The molecule has 0 saturated heterocycles. The zero-order valence-corrected chi connectivity index (χ0v) is 20.2. The lowest BCUT2D eigenvalue weighted by Gasteiger charge is -2.12. The molecular formula is C26H23N5O3S. The van der Waals surface area contributed by atoms with Crippen LogP contribution in [-0.4, -0.2) is 27.9 Å². The van der Waals surface area contributed by atoms with Crippen LogP contribution in [0.3, 0.4) is 0 Å². The van der Waals surface area contributed by atoms with Crippen molar-refractivity contribution in [3.63, 3.8) is 0 Å². The van der Waals surface area contributed by atoms with E-state index in [1.54, 1.807) is 61.8 Å². The second-order valence-electron chi connectivity index (χ2n) is 8.11. The highest BCUT2D eigenvalue weighted by atomic mass is 32.2. The fourth-order valence-electron chi connectivity index (χ4n) is 3.78. The minimum Gasteiger partial charge on any atom is -0.439 e. The zero-order chi connectivity index (χ0) is 24.6. The summed E-state index contributed by atoms with van der Waals surface area (Å²) in [6.45, 7) is 5.70. The number of nitrogens with one attached hydrogen (secondary N) is 1. The van der Waals surface area contributed by atoms with E-state index in [-0.39, 0.29) is 4.90 Å². The van der Waals surface area contributed by atoms with Crippen molar-refractivity contribution in [3.8, 4) is 17.4 Å². The molecule has 0 amide bonds. The van der Waals surface area contributed by atoms with Gasteiger partial charge < -0.3 is 4.74 Å². The Morgan fingerprint density at radius 3 is 2.37 bits per heavy atom. The van der Waals surface area contributed by atoms with Crippen LogP contribution in [0.2, 0.25) is 0 Å². The molecule has 3 aromatic carbocycles. The van der Waals surface area contributed by atoms with Crippen molar-refractivity contribution in [3.05, 3.63) is 96.3 Å². The second kappa shape index (κ2) is 8.84. The van der Waals surface area contributed by atoms with E-state index in [4.69, 9.17) is 4.74 Å². The minimum atomic E-state index is -3.78. The van der Waals surface area contributed by atoms with Crippen molar-refractivity contribution in [1.29, 1.82) is 0 Å². The van der Waals surface area contributed by atoms with Crippen LogP contribution in [0.5, 0.6) is 11.6 Å². The van der Waals surface area contributed by atoms with E-state index < -0.39 is 10.0 Å². The van der Waals surface area contributed by atoms with Gasteiger partial charge >= 0.3 is 0 Å². The summed E-state index contributed by atoms with van der Waals surface area (Å²) in [6.07, 6.45) is 1.72. The number of anilines is 1. The van der Waals surface area contributed by atoms with E-state index in [9.17, 15) is 8.42 Å². The third-order valence-corrected chi connectivity index (χ3v) is 7.11. The maximum absolute atomic E-state index is 13.1. The first-order valence-corrected chi connectivity index (χ1v) is 12.4. The monoisotopic (exact) mass is 485 g/mol. The van der Waals surface area contributed by atoms with Crippen LogP contribution in [0, 0.1) is 20.8 Å². The summed E-state index contributed by atoms with van der Waals surface area (Å²) in [7, 11) is -3.78. The van der Waals surface area contributed by atoms with Gasteiger partial charge in [-0.05, 0) is 56.5 Å². The maximum Gasteiger partial charge on any atom is 0.262 e. The van der Waals surface area contributed by atoms with Gasteiger partial charge in [0.25, 0.3) is 10.0 Å². The fourth-order valence-corrected chi connectivity index (χ4v) is 5.07. The number of hydrogen-bond acceptors (Lipinski definition) is 6. The molecule has 0 atom stereocenters. The Bertz CT molecular complexity index is 1640. The topological polar surface area (TPSA) is 99.0 Å². The van der Waals surface area contributed by atoms with Gasteiger partial charge in [0.2, 0.25) is 5.88 Å². The average molecular weight is 486 g/mol. The molecule has 1 N–H and O–H groups in total. The normalized spacial score (nSPS) is 11.5. The van der Waals surface area contributed by atoms with Gasteiger partial charge in [0.15, 0.2) is 0 Å². The largest absolute Gasteiger partial charge is 0.439 e. The Hall–Kier alpha value is -4.24. The fraction of sp³-hybridized carbons (Fsp3) is 0.115. The maximum atomic E-state index is 13.1. The predicted octanol–water partition coefficient (Wildman–Crippen LogP) is 5.33. The third-order valence-electron chi connectivity index (χ3n) is 5.67. The summed E-state index contributed by atoms with van der Waals surface area (Å²) in [5, 5.41) is 1.53. The molecule has 0 fully saturated rings. The van der Waals surface area contributed by atoms with Gasteiger partial charge in [0.05, 0.1) is 10.6 Å². The second-order valence-corrected chi connectivity index (χ2v) is 9.76. The van der Waals surface area contributed by atoms with E-state index >= 15 is 0 Å². The van der Waals surface area contributed by atoms with Crippen LogP contribution >= 0.6 is 0 Å². The summed E-state index contributed by atoms with van der Waals surface area (Å²) >= 11 is 0. The standard InChI is InChI=1S/C26H23N5O3S/c1-17-18(2)31(16-27-17)25-15-26(29-19(3)28-25)34-22-13-11-21(12-14-22)30-35(32,33)24-10-6-8-20-7-4-5-9-23(20)24/h4-16,30H,1-3H3. The van der Waals surface area contributed by atoms with Crippen LogP contribution in [0.15, 0.2) is 84.0 Å². The number of benzene rings is 3. The van der Waals surface area contributed by atoms with Gasteiger partial charge in [-0.15, -0.1) is 0 Å². The molecule has 0 bridgehead atoms. The van der Waals surface area contributed by atoms with Gasteiger partial charge in [-0.25, -0.2) is 18.4 Å². The van der Waals surface area contributed by atoms with E-state index in [0.29, 0.717) is 34.3 Å². The highest BCUT2D eigenvalue weighted by Gasteiger charge is 2.17. The molecule has 0 radical (unpaired) electrons. The predicted molar refractivity (Wildman–Crippen MR) is 135 cm³/mol. The Morgan fingerprint density at radius 2 is 1.63 bits per heavy atom. The van der Waals surface area contributed by atoms with Crippen LogP contribution in [0.1, 0.15) is 17.2 Å². The first kappa shape index (κ1) is 22.5. The van der Waals surface area contributed by atoms with Gasteiger partial charge in [0, 0.05) is 22.8 Å². The van der Waals surface area contributed by atoms with Gasteiger partial charge in [-0.3, -0.25) is 9.29 Å². The zero-order valence-electron chi connectivity index (χ0n) is 19.4. The molecule has 8 nitrogen and oxygen atoms in total. The summed E-state index contributed by atoms with van der Waals surface area (Å²) in [6, 6.07) is 21.0. The van der Waals surface area contributed by atoms with Crippen molar-refractivity contribution < 1.29 is 13.2 Å². The minimum absolute atomic E-state index is 0.227. The molecule has 35 heavy (non-hydrogen) atoms. The van der Waals surface area contributed by atoms with Crippen molar-refractivity contribution in [2.45, 2.75) is 25.7 Å². The molecule has 0 aliphatic carbocycles. The highest BCUT2D eigenvalue weighted by Crippen LogP contribution is 2.27. The Labute approximate surface area is 203 Å². The van der Waals surface area contributed by atoms with Crippen LogP contribution in [-0.2, 0) is 10.0 Å². The van der Waals surface area contributed by atoms with E-state index in [2.05, 4.69) is 19.7 Å². The number of hydrogen-bond donors (Lipinski definition) is 1. The van der Waals surface area contributed by atoms with Crippen LogP contribution in [0.25, 0.3) is 16.6 Å². The van der Waals surface area contributed by atoms with E-state index in [1.807, 2.05) is 42.7 Å². The molecule has 0 saturated carbocycles. The number of imidazole rings is 1. The van der Waals surface area contributed by atoms with E-state index in [0.717, 1.165) is 16.8 Å². The Kier molecular flexibility index (Phi) is 5.70. The molecule has 176 valence electrons. The van der Waals surface area contributed by atoms with Crippen molar-refractivity contribution >= 4 is 26.5 Å². The lowest BCUT2D eigenvalue weighted by Crippen LogP contribution is -2.13. The number of aromatic nitrogens is 4. The Balaban J connectivity index is 1.37. The molecule has 9 heteroatoms. The summed E-state index contributed by atoms with van der Waals surface area (Å²) in [5.74, 6) is 2.11. The van der Waals surface area contributed by atoms with E-state index in [1.165, 1.54) is 0 Å². The summed E-state index contributed by atoms with van der Waals surface area (Å²) in [5.41, 5.74) is 2.33. The number of ether oxygens (including phenoxy) is 1. The molecule has 0 aliphatic heterocycles. The van der Waals surface area contributed by atoms with Gasteiger partial charge in [0.1, 0.15) is 23.7 Å². The SMILES string of the molecule is Cc1nc(Oc2ccc(NS(=O)(=O)c3cccc4ccccc34)cc2)cc(-n2cnc(C)c2C)n1. The molecule has 0 spiro atoms. The molecule has 2 heterocycles. The molecule has 5 rings (SSSR count). The first-order chi connectivity index (χ1) is 16.8. The van der Waals surface area contributed by atoms with Crippen molar-refractivity contribution in [2.24, 2.45) is 0 Å². The number of nitrogens with zero attached hydrogens (tertiary/aromatic N) is 4. The summed E-state index contributed by atoms with van der Waals surface area (Å²) in [4.78, 5) is 13.4. The quantitative estimate of drug-likeness (QED) is 0.349.